The lowest BCUT2D eigenvalue weighted by atomic mass is 10.2. The molecule has 0 aromatic carbocycles. The molecule has 132 valence electrons. The molecule has 9 heteroatoms. The number of carbonyl (C=O) groups excluding carboxylic acids is 1. The summed E-state index contributed by atoms with van der Waals surface area (Å²) in [6.45, 7) is 2.57. The van der Waals surface area contributed by atoms with Crippen molar-refractivity contribution in [2.24, 2.45) is 5.73 Å². The van der Waals surface area contributed by atoms with Gasteiger partial charge in [-0.05, 0) is 19.4 Å². The van der Waals surface area contributed by atoms with Crippen molar-refractivity contribution in [3.8, 4) is 0 Å². The van der Waals surface area contributed by atoms with Gasteiger partial charge < -0.3 is 25.3 Å². The van der Waals surface area contributed by atoms with Gasteiger partial charge in [0.1, 0.15) is 13.2 Å². The lowest BCUT2D eigenvalue weighted by Gasteiger charge is -2.29. The molecule has 0 unspecified atom stereocenters. The van der Waals surface area contributed by atoms with Gasteiger partial charge >= 0.3 is 7.82 Å². The normalized spacial score (nSPS) is 12.4. The number of hydrogen-bond acceptors (Lipinski definition) is 4. The molecule has 0 aromatic rings. The fourth-order valence-electron chi connectivity index (χ4n) is 1.95. The molecule has 1 amide bonds. The Morgan fingerprint density at radius 3 is 2.45 bits per heavy atom. The summed E-state index contributed by atoms with van der Waals surface area (Å²) in [7, 11) is -0.475. The first-order valence-electron chi connectivity index (χ1n) is 7.65. The summed E-state index contributed by atoms with van der Waals surface area (Å²) in [6, 6.07) is 0. The molecule has 0 rings (SSSR count). The molecule has 0 fully saturated rings. The summed E-state index contributed by atoms with van der Waals surface area (Å²) in [5.41, 5.74) is 5.39. The molecule has 0 spiro atoms. The molecular weight excluding hydrogens is 309 g/mol. The van der Waals surface area contributed by atoms with E-state index in [2.05, 4.69) is 9.84 Å². The maximum Gasteiger partial charge on any atom is 0.469 e. The van der Waals surface area contributed by atoms with Gasteiger partial charge in [0.2, 0.25) is 5.91 Å². The highest BCUT2D eigenvalue weighted by molar-refractivity contribution is 7.46. The Morgan fingerprint density at radius 2 is 1.86 bits per heavy atom. The number of phosphoric acid groups is 1. The number of nitrogens with two attached hydrogens (primary N) is 1. The first-order chi connectivity index (χ1) is 10.2. The van der Waals surface area contributed by atoms with Crippen molar-refractivity contribution in [1.29, 1.82) is 0 Å². The summed E-state index contributed by atoms with van der Waals surface area (Å²) in [6.07, 6.45) is 4.14. The highest BCUT2D eigenvalue weighted by Crippen LogP contribution is 2.35. The van der Waals surface area contributed by atoms with Crippen molar-refractivity contribution >= 4 is 13.7 Å². The van der Waals surface area contributed by atoms with Crippen molar-refractivity contribution in [3.63, 3.8) is 0 Å². The molecule has 0 heterocycles. The smallest absolute Gasteiger partial charge is 0.356 e. The molecule has 0 aliphatic heterocycles. The fraction of sp³-hybridized carbons (Fsp3) is 0.923. The van der Waals surface area contributed by atoms with Crippen LogP contribution >= 0.6 is 7.82 Å². The molecular formula is C13H31N3O5P+. The number of carbonyl (C=O) groups is 1. The third-order valence-electron chi connectivity index (χ3n) is 3.33. The van der Waals surface area contributed by atoms with Crippen molar-refractivity contribution in [2.75, 3.05) is 46.9 Å². The third kappa shape index (κ3) is 14.4. The number of hydrogen-bond donors (Lipinski definition) is 4. The van der Waals surface area contributed by atoms with Gasteiger partial charge in [-0.2, -0.15) is 0 Å². The minimum Gasteiger partial charge on any atom is -0.356 e. The molecule has 0 aliphatic rings. The van der Waals surface area contributed by atoms with Gasteiger partial charge in [-0.1, -0.05) is 6.42 Å². The lowest BCUT2D eigenvalue weighted by Crippen LogP contribution is -2.44. The Morgan fingerprint density at radius 1 is 1.18 bits per heavy atom. The van der Waals surface area contributed by atoms with Crippen LogP contribution in [0.1, 0.15) is 32.1 Å². The van der Waals surface area contributed by atoms with Gasteiger partial charge in [0, 0.05) is 19.4 Å². The zero-order chi connectivity index (χ0) is 17.1. The number of nitrogens with one attached hydrogen (secondary N) is 1. The van der Waals surface area contributed by atoms with Gasteiger partial charge in [0.05, 0.1) is 20.6 Å². The third-order valence-corrected chi connectivity index (χ3v) is 3.85. The molecule has 0 bridgehead atoms. The Bertz CT molecular complexity index is 360. The number of amides is 1. The fourth-order valence-corrected chi connectivity index (χ4v) is 2.27. The van der Waals surface area contributed by atoms with E-state index in [9.17, 15) is 9.36 Å². The topological polar surface area (TPSA) is 122 Å². The van der Waals surface area contributed by atoms with E-state index in [1.807, 2.05) is 14.1 Å². The van der Waals surface area contributed by atoms with Crippen molar-refractivity contribution in [3.05, 3.63) is 0 Å². The van der Waals surface area contributed by atoms with Crippen LogP contribution in [0.2, 0.25) is 0 Å². The zero-order valence-corrected chi connectivity index (χ0v) is 14.6. The molecule has 0 aromatic heterocycles. The molecule has 5 N–H and O–H groups in total. The van der Waals surface area contributed by atoms with Crippen molar-refractivity contribution in [2.45, 2.75) is 32.1 Å². The predicted molar refractivity (Wildman–Crippen MR) is 85.0 cm³/mol. The average molecular weight is 340 g/mol. The molecule has 22 heavy (non-hydrogen) atoms. The zero-order valence-electron chi connectivity index (χ0n) is 13.7. The molecule has 0 radical (unpaired) electrons. The number of phosphoric ester groups is 1. The van der Waals surface area contributed by atoms with Crippen LogP contribution in [0.3, 0.4) is 0 Å². The standard InChI is InChI=1S/C13H30N3O5P/c1-16(2,11-12-21-22(18,19)20)10-6-9-15-13(17)7-4-3-5-8-14/h3-12,14H2,1-2H3,(H2-,15,17,18,19,20)/p+1. The molecule has 0 saturated carbocycles. The predicted octanol–water partition coefficient (Wildman–Crippen LogP) is 0.198. The van der Waals surface area contributed by atoms with E-state index in [-0.39, 0.29) is 12.5 Å². The Labute approximate surface area is 132 Å². The minimum atomic E-state index is -4.39. The summed E-state index contributed by atoms with van der Waals surface area (Å²) in [5.74, 6) is 0.0622. The number of rotatable bonds is 13. The number of likely N-dealkylation sites (N-methyl/N-ethyl adjacent to an activating group) is 1. The first kappa shape index (κ1) is 21.5. The van der Waals surface area contributed by atoms with E-state index >= 15 is 0 Å². The quantitative estimate of drug-likeness (QED) is 0.216. The molecule has 0 aliphatic carbocycles. The monoisotopic (exact) mass is 340 g/mol. The van der Waals surface area contributed by atoms with Crippen LogP contribution in [0, 0.1) is 0 Å². The highest BCUT2D eigenvalue weighted by atomic mass is 31.2. The van der Waals surface area contributed by atoms with E-state index in [1.54, 1.807) is 0 Å². The van der Waals surface area contributed by atoms with Gasteiger partial charge in [-0.3, -0.25) is 9.32 Å². The summed E-state index contributed by atoms with van der Waals surface area (Å²) in [4.78, 5) is 28.8. The van der Waals surface area contributed by atoms with Crippen molar-refractivity contribution in [1.82, 2.24) is 5.32 Å². The molecule has 0 saturated heterocycles. The second kappa shape index (κ2) is 11.1. The highest BCUT2D eigenvalue weighted by Gasteiger charge is 2.19. The van der Waals surface area contributed by atoms with Gasteiger partial charge in [0.25, 0.3) is 0 Å². The van der Waals surface area contributed by atoms with Gasteiger partial charge in [0.15, 0.2) is 0 Å². The van der Waals surface area contributed by atoms with Gasteiger partial charge in [-0.25, -0.2) is 4.57 Å². The Hall–Kier alpha value is -0.500. The van der Waals surface area contributed by atoms with Crippen LogP contribution in [0.25, 0.3) is 0 Å². The molecule has 0 atom stereocenters. The minimum absolute atomic E-state index is 0.00474. The average Bonchev–Trinajstić information content (AvgIpc) is 2.38. The van der Waals surface area contributed by atoms with E-state index in [0.717, 1.165) is 32.2 Å². The van der Waals surface area contributed by atoms with E-state index in [0.29, 0.717) is 30.5 Å². The Kier molecular flexibility index (Phi) is 10.8. The summed E-state index contributed by atoms with van der Waals surface area (Å²) in [5, 5.41) is 2.88. The lowest BCUT2D eigenvalue weighted by molar-refractivity contribution is -0.890. The number of nitrogens with zero attached hydrogens (tertiary/aromatic N) is 1. The number of unbranched alkanes of at least 4 members (excludes halogenated alkanes) is 2. The number of quaternary nitrogens is 1. The van der Waals surface area contributed by atoms with E-state index in [4.69, 9.17) is 15.5 Å². The summed E-state index contributed by atoms with van der Waals surface area (Å²) >= 11 is 0. The second-order valence-corrected chi connectivity index (χ2v) is 7.25. The first-order valence-corrected chi connectivity index (χ1v) is 9.18. The Balaban J connectivity index is 3.67. The van der Waals surface area contributed by atoms with Crippen LogP contribution < -0.4 is 11.1 Å². The maximum atomic E-state index is 11.6. The van der Waals surface area contributed by atoms with Crippen LogP contribution in [0.5, 0.6) is 0 Å². The van der Waals surface area contributed by atoms with Crippen molar-refractivity contribution < 1.29 is 28.2 Å². The molecule has 8 nitrogen and oxygen atoms in total. The van der Waals surface area contributed by atoms with Crippen LogP contribution in [-0.2, 0) is 13.9 Å². The largest absolute Gasteiger partial charge is 0.469 e. The van der Waals surface area contributed by atoms with Crippen LogP contribution in [0.15, 0.2) is 0 Å². The van der Waals surface area contributed by atoms with Crippen LogP contribution in [-0.4, -0.2) is 67.1 Å². The second-order valence-electron chi connectivity index (χ2n) is 6.01. The van der Waals surface area contributed by atoms with E-state index in [1.165, 1.54) is 0 Å². The van der Waals surface area contributed by atoms with Gasteiger partial charge in [-0.15, -0.1) is 0 Å². The maximum absolute atomic E-state index is 11.6. The summed E-state index contributed by atoms with van der Waals surface area (Å²) < 4.78 is 15.6. The van der Waals surface area contributed by atoms with E-state index < -0.39 is 7.82 Å². The van der Waals surface area contributed by atoms with Crippen LogP contribution in [0.4, 0.5) is 0 Å². The SMILES string of the molecule is C[N+](C)(CCCNC(=O)CCCCCN)CCOP(=O)(O)O.